The zero-order chi connectivity index (χ0) is 18.2. The Labute approximate surface area is 150 Å². The van der Waals surface area contributed by atoms with Crippen molar-refractivity contribution in [1.82, 2.24) is 9.78 Å². The third-order valence-electron chi connectivity index (χ3n) is 3.97. The van der Waals surface area contributed by atoms with Crippen LogP contribution in [0.2, 0.25) is 0 Å². The minimum absolute atomic E-state index is 0.255. The van der Waals surface area contributed by atoms with Gasteiger partial charge in [0.25, 0.3) is 5.91 Å². The number of nitrogens with one attached hydrogen (secondary N) is 1. The number of amides is 1. The molecule has 1 aromatic carbocycles. The fourth-order valence-corrected chi connectivity index (χ4v) is 4.12. The van der Waals surface area contributed by atoms with Crippen LogP contribution in [0.15, 0.2) is 24.3 Å². The van der Waals surface area contributed by atoms with Crippen LogP contribution in [0.1, 0.15) is 49.3 Å². The summed E-state index contributed by atoms with van der Waals surface area (Å²) in [6.07, 6.45) is 0. The van der Waals surface area contributed by atoms with Crippen molar-refractivity contribution in [2.24, 2.45) is 0 Å². The summed E-state index contributed by atoms with van der Waals surface area (Å²) in [5, 5.41) is 7.58. The van der Waals surface area contributed by atoms with Gasteiger partial charge in [-0.25, -0.2) is 4.68 Å². The molecule has 134 valence electrons. The van der Waals surface area contributed by atoms with Gasteiger partial charge < -0.3 is 10.1 Å². The van der Waals surface area contributed by atoms with Crippen molar-refractivity contribution < 1.29 is 13.7 Å². The SMILES string of the molecule is CCOc1ccccc1C(=O)Nc1c2c(nn1C(C)(C)C)CS(=O)C2. The van der Waals surface area contributed by atoms with E-state index in [9.17, 15) is 9.00 Å². The molecule has 25 heavy (non-hydrogen) atoms. The summed E-state index contributed by atoms with van der Waals surface area (Å²) in [6.45, 7) is 8.44. The number of rotatable bonds is 4. The van der Waals surface area contributed by atoms with E-state index in [1.807, 2.05) is 38.4 Å². The van der Waals surface area contributed by atoms with Crippen molar-refractivity contribution in [2.45, 2.75) is 44.7 Å². The number of anilines is 1. The number of aromatic nitrogens is 2. The Kier molecular flexibility index (Phi) is 4.69. The van der Waals surface area contributed by atoms with Crippen LogP contribution < -0.4 is 10.1 Å². The Balaban J connectivity index is 1.98. The van der Waals surface area contributed by atoms with Crippen molar-refractivity contribution in [1.29, 1.82) is 0 Å². The fraction of sp³-hybridized carbons (Fsp3) is 0.444. The number of carbonyl (C=O) groups excluding carboxylic acids is 1. The van der Waals surface area contributed by atoms with Crippen LogP contribution in [0.25, 0.3) is 0 Å². The summed E-state index contributed by atoms with van der Waals surface area (Å²) in [5.41, 5.74) is 1.85. The second-order valence-electron chi connectivity index (χ2n) is 6.97. The smallest absolute Gasteiger partial charge is 0.260 e. The zero-order valence-electron chi connectivity index (χ0n) is 15.0. The first-order valence-electron chi connectivity index (χ1n) is 8.30. The van der Waals surface area contributed by atoms with E-state index in [-0.39, 0.29) is 11.4 Å². The molecule has 7 heteroatoms. The molecular weight excluding hydrogens is 338 g/mol. The number of benzene rings is 1. The van der Waals surface area contributed by atoms with Crippen molar-refractivity contribution >= 4 is 22.5 Å². The van der Waals surface area contributed by atoms with Gasteiger partial charge in [-0.3, -0.25) is 9.00 Å². The van der Waals surface area contributed by atoms with E-state index in [0.29, 0.717) is 35.2 Å². The van der Waals surface area contributed by atoms with E-state index in [1.54, 1.807) is 18.2 Å². The lowest BCUT2D eigenvalue weighted by molar-refractivity contribution is 0.102. The summed E-state index contributed by atoms with van der Waals surface area (Å²) in [6, 6.07) is 7.15. The quantitative estimate of drug-likeness (QED) is 0.908. The second-order valence-corrected chi connectivity index (χ2v) is 8.43. The van der Waals surface area contributed by atoms with Crippen LogP contribution in [0.4, 0.5) is 5.82 Å². The number of hydrogen-bond acceptors (Lipinski definition) is 4. The maximum Gasteiger partial charge on any atom is 0.260 e. The Bertz CT molecular complexity index is 837. The van der Waals surface area contributed by atoms with E-state index in [2.05, 4.69) is 10.4 Å². The number of fused-ring (bicyclic) bond motifs is 1. The lowest BCUT2D eigenvalue weighted by Crippen LogP contribution is -2.27. The number of carbonyl (C=O) groups is 1. The summed E-state index contributed by atoms with van der Waals surface area (Å²) < 4.78 is 19.3. The maximum atomic E-state index is 12.9. The number of hydrogen-bond donors (Lipinski definition) is 1. The van der Waals surface area contributed by atoms with Crippen molar-refractivity contribution in [3.8, 4) is 5.75 Å². The van der Waals surface area contributed by atoms with Gasteiger partial charge in [-0.15, -0.1) is 0 Å². The first-order chi connectivity index (χ1) is 11.8. The van der Waals surface area contributed by atoms with E-state index in [0.717, 1.165) is 11.3 Å². The molecule has 0 bridgehead atoms. The van der Waals surface area contributed by atoms with Gasteiger partial charge in [0.05, 0.1) is 34.9 Å². The zero-order valence-corrected chi connectivity index (χ0v) is 15.8. The van der Waals surface area contributed by atoms with Gasteiger partial charge in [0.15, 0.2) is 0 Å². The fourth-order valence-electron chi connectivity index (χ4n) is 2.85. The van der Waals surface area contributed by atoms with E-state index >= 15 is 0 Å². The largest absolute Gasteiger partial charge is 0.493 e. The van der Waals surface area contributed by atoms with Crippen LogP contribution in [-0.2, 0) is 27.8 Å². The molecular formula is C18H23N3O3S. The molecule has 3 rings (SSSR count). The van der Waals surface area contributed by atoms with Crippen molar-refractivity contribution in [2.75, 3.05) is 11.9 Å². The van der Waals surface area contributed by atoms with Crippen molar-refractivity contribution in [3.63, 3.8) is 0 Å². The molecule has 1 amide bonds. The Hall–Kier alpha value is -2.15. The number of nitrogens with zero attached hydrogens (tertiary/aromatic N) is 2. The highest BCUT2D eigenvalue weighted by atomic mass is 32.2. The van der Waals surface area contributed by atoms with Gasteiger partial charge in [0.2, 0.25) is 0 Å². The number of ether oxygens (including phenoxy) is 1. The Morgan fingerprint density at radius 2 is 2.04 bits per heavy atom. The standard InChI is InChI=1S/C18H23N3O3S/c1-5-24-15-9-7-6-8-12(15)17(22)19-16-13-10-25(23)11-14(13)20-21(16)18(2,3)4/h6-9H,5,10-11H2,1-4H3,(H,19,22). The summed E-state index contributed by atoms with van der Waals surface area (Å²) in [5.74, 6) is 1.79. The van der Waals surface area contributed by atoms with Gasteiger partial charge in [-0.1, -0.05) is 12.1 Å². The maximum absolute atomic E-state index is 12.9. The van der Waals surface area contributed by atoms with Crippen molar-refractivity contribution in [3.05, 3.63) is 41.1 Å². The average molecular weight is 361 g/mol. The molecule has 1 unspecified atom stereocenters. The molecule has 0 saturated heterocycles. The molecule has 1 N–H and O–H groups in total. The molecule has 2 heterocycles. The highest BCUT2D eigenvalue weighted by Crippen LogP contribution is 2.33. The van der Waals surface area contributed by atoms with Gasteiger partial charge in [0, 0.05) is 16.4 Å². The molecule has 2 aromatic rings. The number of para-hydroxylation sites is 1. The predicted molar refractivity (Wildman–Crippen MR) is 98.3 cm³/mol. The molecule has 1 aliphatic heterocycles. The third-order valence-corrected chi connectivity index (χ3v) is 5.17. The molecule has 1 aliphatic rings. The van der Waals surface area contributed by atoms with Crippen LogP contribution in [-0.4, -0.2) is 26.5 Å². The van der Waals surface area contributed by atoms with Crippen LogP contribution >= 0.6 is 0 Å². The first kappa shape index (κ1) is 17.7. The Morgan fingerprint density at radius 1 is 1.32 bits per heavy atom. The Morgan fingerprint density at radius 3 is 2.72 bits per heavy atom. The molecule has 1 aromatic heterocycles. The molecule has 0 saturated carbocycles. The molecule has 0 radical (unpaired) electrons. The van der Waals surface area contributed by atoms with E-state index < -0.39 is 10.8 Å². The predicted octanol–water partition coefficient (Wildman–Crippen LogP) is 3.05. The lowest BCUT2D eigenvalue weighted by atomic mass is 10.1. The van der Waals surface area contributed by atoms with Gasteiger partial charge in [0.1, 0.15) is 11.6 Å². The lowest BCUT2D eigenvalue weighted by Gasteiger charge is -2.23. The minimum Gasteiger partial charge on any atom is -0.493 e. The van der Waals surface area contributed by atoms with Crippen LogP contribution in [0, 0.1) is 0 Å². The summed E-state index contributed by atoms with van der Waals surface area (Å²) >= 11 is 0. The molecule has 0 aliphatic carbocycles. The van der Waals surface area contributed by atoms with Crippen LogP contribution in [0.3, 0.4) is 0 Å². The first-order valence-corrected chi connectivity index (χ1v) is 9.79. The molecule has 6 nitrogen and oxygen atoms in total. The highest BCUT2D eigenvalue weighted by Gasteiger charge is 2.31. The minimum atomic E-state index is -0.952. The topological polar surface area (TPSA) is 73.2 Å². The van der Waals surface area contributed by atoms with E-state index in [1.165, 1.54) is 0 Å². The molecule has 0 fully saturated rings. The monoisotopic (exact) mass is 361 g/mol. The third kappa shape index (κ3) is 3.46. The summed E-state index contributed by atoms with van der Waals surface area (Å²) in [7, 11) is -0.952. The van der Waals surface area contributed by atoms with Gasteiger partial charge in [-0.2, -0.15) is 5.10 Å². The van der Waals surface area contributed by atoms with Gasteiger partial charge in [-0.05, 0) is 39.8 Å². The highest BCUT2D eigenvalue weighted by molar-refractivity contribution is 7.83. The molecule has 0 spiro atoms. The van der Waals surface area contributed by atoms with E-state index in [4.69, 9.17) is 4.74 Å². The van der Waals surface area contributed by atoms with Crippen LogP contribution in [0.5, 0.6) is 5.75 Å². The average Bonchev–Trinajstić information content (AvgIpc) is 3.05. The van der Waals surface area contributed by atoms with Gasteiger partial charge >= 0.3 is 0 Å². The normalized spacial score (nSPS) is 16.6. The molecule has 1 atom stereocenters. The summed E-state index contributed by atoms with van der Waals surface area (Å²) in [4.78, 5) is 12.9. The second kappa shape index (κ2) is 6.63.